The third kappa shape index (κ3) is 1.70. The quantitative estimate of drug-likeness (QED) is 0.881. The standard InChI is InChI=1S/C13H10BrN3O/c14-11-3-1-10(2-4-11)13(7-15)5-9-6-16-17-12(9)18-8-13/h1-4,6H,5,8H2,(H,16,17). The molecule has 2 aromatic rings. The van der Waals surface area contributed by atoms with E-state index in [2.05, 4.69) is 32.2 Å². The van der Waals surface area contributed by atoms with Crippen molar-refractivity contribution in [1.82, 2.24) is 10.2 Å². The Hall–Kier alpha value is -1.80. The van der Waals surface area contributed by atoms with E-state index in [1.54, 1.807) is 6.20 Å². The largest absolute Gasteiger partial charge is 0.476 e. The highest BCUT2D eigenvalue weighted by molar-refractivity contribution is 9.10. The van der Waals surface area contributed by atoms with Gasteiger partial charge >= 0.3 is 0 Å². The average molecular weight is 304 g/mol. The van der Waals surface area contributed by atoms with E-state index < -0.39 is 5.41 Å². The van der Waals surface area contributed by atoms with Crippen molar-refractivity contribution >= 4 is 15.9 Å². The van der Waals surface area contributed by atoms with Gasteiger partial charge in [0.2, 0.25) is 5.88 Å². The fraction of sp³-hybridized carbons (Fsp3) is 0.231. The minimum Gasteiger partial charge on any atom is -0.476 e. The Morgan fingerprint density at radius 3 is 2.89 bits per heavy atom. The molecule has 3 rings (SSSR count). The number of nitriles is 1. The molecule has 4 nitrogen and oxygen atoms in total. The van der Waals surface area contributed by atoms with Crippen molar-refractivity contribution < 1.29 is 4.74 Å². The zero-order valence-corrected chi connectivity index (χ0v) is 11.1. The molecule has 1 aromatic heterocycles. The fourth-order valence-corrected chi connectivity index (χ4v) is 2.48. The maximum atomic E-state index is 9.56. The van der Waals surface area contributed by atoms with Crippen molar-refractivity contribution in [3.63, 3.8) is 0 Å². The van der Waals surface area contributed by atoms with Crippen molar-refractivity contribution in [2.24, 2.45) is 0 Å². The molecular weight excluding hydrogens is 294 g/mol. The number of H-pyrrole nitrogens is 1. The van der Waals surface area contributed by atoms with Gasteiger partial charge in [-0.15, -0.1) is 0 Å². The lowest BCUT2D eigenvalue weighted by atomic mass is 9.77. The first-order chi connectivity index (χ1) is 8.73. The van der Waals surface area contributed by atoms with Gasteiger partial charge in [0.15, 0.2) is 0 Å². The Labute approximate surface area is 113 Å². The van der Waals surface area contributed by atoms with Crippen LogP contribution in [-0.2, 0) is 11.8 Å². The Kier molecular flexibility index (Phi) is 2.60. The van der Waals surface area contributed by atoms with Crippen LogP contribution in [0.2, 0.25) is 0 Å². The van der Waals surface area contributed by atoms with E-state index in [0.717, 1.165) is 15.6 Å². The van der Waals surface area contributed by atoms with Crippen LogP contribution in [0.5, 0.6) is 5.88 Å². The zero-order chi connectivity index (χ0) is 12.6. The van der Waals surface area contributed by atoms with Crippen LogP contribution in [0.25, 0.3) is 0 Å². The fourth-order valence-electron chi connectivity index (χ4n) is 2.21. The van der Waals surface area contributed by atoms with E-state index in [0.29, 0.717) is 18.9 Å². The average Bonchev–Trinajstić information content (AvgIpc) is 2.86. The minimum atomic E-state index is -0.627. The number of aromatic nitrogens is 2. The molecule has 0 radical (unpaired) electrons. The number of halogens is 1. The maximum Gasteiger partial charge on any atom is 0.212 e. The van der Waals surface area contributed by atoms with E-state index in [1.807, 2.05) is 24.3 Å². The third-order valence-corrected chi connectivity index (χ3v) is 3.77. The van der Waals surface area contributed by atoms with Crippen molar-refractivity contribution in [2.45, 2.75) is 11.8 Å². The van der Waals surface area contributed by atoms with Crippen LogP contribution in [0.15, 0.2) is 34.9 Å². The van der Waals surface area contributed by atoms with Crippen molar-refractivity contribution in [3.05, 3.63) is 46.1 Å². The predicted molar refractivity (Wildman–Crippen MR) is 69.2 cm³/mol. The minimum absolute atomic E-state index is 0.348. The zero-order valence-electron chi connectivity index (χ0n) is 9.48. The number of hydrogen-bond acceptors (Lipinski definition) is 3. The summed E-state index contributed by atoms with van der Waals surface area (Å²) in [7, 11) is 0. The summed E-state index contributed by atoms with van der Waals surface area (Å²) in [6.07, 6.45) is 2.34. The molecule has 0 saturated heterocycles. The topological polar surface area (TPSA) is 61.7 Å². The van der Waals surface area contributed by atoms with Crippen LogP contribution in [-0.4, -0.2) is 16.8 Å². The molecular formula is C13H10BrN3O. The third-order valence-electron chi connectivity index (χ3n) is 3.24. The summed E-state index contributed by atoms with van der Waals surface area (Å²) in [6.45, 7) is 0.348. The first-order valence-electron chi connectivity index (χ1n) is 5.56. The van der Waals surface area contributed by atoms with Gasteiger partial charge in [0.25, 0.3) is 0 Å². The Morgan fingerprint density at radius 2 is 2.17 bits per heavy atom. The van der Waals surface area contributed by atoms with Crippen molar-refractivity contribution in [3.8, 4) is 11.9 Å². The lowest BCUT2D eigenvalue weighted by Gasteiger charge is -2.30. The van der Waals surface area contributed by atoms with Gasteiger partial charge in [0.05, 0.1) is 12.3 Å². The number of rotatable bonds is 1. The van der Waals surface area contributed by atoms with Crippen LogP contribution in [0.3, 0.4) is 0 Å². The molecule has 1 aliphatic heterocycles. The number of nitrogens with one attached hydrogen (secondary N) is 1. The van der Waals surface area contributed by atoms with Gasteiger partial charge in [0.1, 0.15) is 12.0 Å². The molecule has 2 heterocycles. The Bertz CT molecular complexity index is 614. The molecule has 0 spiro atoms. The van der Waals surface area contributed by atoms with Gasteiger partial charge in [-0.2, -0.15) is 10.4 Å². The number of aromatic amines is 1. The molecule has 90 valence electrons. The monoisotopic (exact) mass is 303 g/mol. The van der Waals surface area contributed by atoms with Crippen LogP contribution in [0.1, 0.15) is 11.1 Å². The lowest BCUT2D eigenvalue weighted by molar-refractivity contribution is 0.217. The molecule has 18 heavy (non-hydrogen) atoms. The molecule has 1 aromatic carbocycles. The van der Waals surface area contributed by atoms with Gasteiger partial charge in [-0.25, -0.2) is 5.10 Å². The van der Waals surface area contributed by atoms with Crippen LogP contribution < -0.4 is 4.74 Å². The summed E-state index contributed by atoms with van der Waals surface area (Å²) in [6, 6.07) is 10.2. The van der Waals surface area contributed by atoms with E-state index in [4.69, 9.17) is 4.74 Å². The molecule has 1 aliphatic rings. The summed E-state index contributed by atoms with van der Waals surface area (Å²) in [4.78, 5) is 0. The first kappa shape index (κ1) is 11.3. The summed E-state index contributed by atoms with van der Waals surface area (Å²) < 4.78 is 6.60. The summed E-state index contributed by atoms with van der Waals surface area (Å²) in [5.74, 6) is 0.679. The lowest BCUT2D eigenvalue weighted by Crippen LogP contribution is -2.37. The number of ether oxygens (including phenoxy) is 1. The SMILES string of the molecule is N#CC1(c2ccc(Br)cc2)COc2[nH]ncc2C1. The number of fused-ring (bicyclic) bond motifs is 1. The van der Waals surface area contributed by atoms with Gasteiger partial charge in [-0.3, -0.25) is 0 Å². The second-order valence-corrected chi connectivity index (χ2v) is 5.31. The molecule has 1 atom stereocenters. The van der Waals surface area contributed by atoms with Gasteiger partial charge in [-0.1, -0.05) is 28.1 Å². The number of hydrogen-bond donors (Lipinski definition) is 1. The Morgan fingerprint density at radius 1 is 1.39 bits per heavy atom. The highest BCUT2D eigenvalue weighted by Crippen LogP contribution is 2.36. The molecule has 0 fully saturated rings. The van der Waals surface area contributed by atoms with Crippen LogP contribution in [0, 0.1) is 11.3 Å². The predicted octanol–water partition coefficient (Wildman–Crippen LogP) is 2.57. The number of nitrogens with zero attached hydrogens (tertiary/aromatic N) is 2. The second-order valence-electron chi connectivity index (χ2n) is 4.39. The summed E-state index contributed by atoms with van der Waals surface area (Å²) in [5.41, 5.74) is 1.29. The molecule has 1 N–H and O–H groups in total. The highest BCUT2D eigenvalue weighted by Gasteiger charge is 2.38. The number of benzene rings is 1. The van der Waals surface area contributed by atoms with Crippen molar-refractivity contribution in [1.29, 1.82) is 5.26 Å². The van der Waals surface area contributed by atoms with E-state index >= 15 is 0 Å². The summed E-state index contributed by atoms with van der Waals surface area (Å²) >= 11 is 3.40. The first-order valence-corrected chi connectivity index (χ1v) is 6.35. The smallest absolute Gasteiger partial charge is 0.212 e. The second kappa shape index (κ2) is 4.14. The normalized spacial score (nSPS) is 21.8. The summed E-state index contributed by atoms with van der Waals surface area (Å²) in [5, 5.41) is 16.3. The van der Waals surface area contributed by atoms with Gasteiger partial charge in [-0.05, 0) is 17.7 Å². The molecule has 5 heteroatoms. The van der Waals surface area contributed by atoms with E-state index in [1.165, 1.54) is 0 Å². The van der Waals surface area contributed by atoms with Gasteiger partial charge < -0.3 is 4.74 Å². The molecule has 1 unspecified atom stereocenters. The van der Waals surface area contributed by atoms with E-state index in [-0.39, 0.29) is 0 Å². The maximum absolute atomic E-state index is 9.56. The highest BCUT2D eigenvalue weighted by atomic mass is 79.9. The van der Waals surface area contributed by atoms with E-state index in [9.17, 15) is 5.26 Å². The molecule has 0 saturated carbocycles. The Balaban J connectivity index is 2.03. The van der Waals surface area contributed by atoms with Crippen molar-refractivity contribution in [2.75, 3.05) is 6.61 Å². The van der Waals surface area contributed by atoms with Gasteiger partial charge in [0, 0.05) is 16.5 Å². The molecule has 0 aliphatic carbocycles. The van der Waals surface area contributed by atoms with Crippen LogP contribution in [0.4, 0.5) is 0 Å². The van der Waals surface area contributed by atoms with Crippen LogP contribution >= 0.6 is 15.9 Å². The molecule has 0 amide bonds. The molecule has 0 bridgehead atoms.